The highest BCUT2D eigenvalue weighted by molar-refractivity contribution is 6.16. The number of aromatic nitrogens is 3. The summed E-state index contributed by atoms with van der Waals surface area (Å²) in [6.45, 7) is 5.41. The number of pyridine rings is 1. The Morgan fingerprint density at radius 1 is 1.47 bits per heavy atom. The highest BCUT2D eigenvalue weighted by atomic mass is 35.5. The topological polar surface area (TPSA) is 39.9 Å². The van der Waals surface area contributed by atoms with Gasteiger partial charge in [0.1, 0.15) is 11.3 Å². The van der Waals surface area contributed by atoms with E-state index >= 15 is 0 Å². The van der Waals surface area contributed by atoms with Gasteiger partial charge in [-0.3, -0.25) is 0 Å². The zero-order chi connectivity index (χ0) is 12.3. The smallest absolute Gasteiger partial charge is 0.160 e. The second kappa shape index (κ2) is 5.47. The van der Waals surface area contributed by atoms with Crippen molar-refractivity contribution < 1.29 is 4.74 Å². The minimum Gasteiger partial charge on any atom is -0.377 e. The van der Waals surface area contributed by atoms with E-state index in [1.807, 2.05) is 30.5 Å². The van der Waals surface area contributed by atoms with Crippen molar-refractivity contribution in [3.63, 3.8) is 0 Å². The molecule has 4 nitrogen and oxygen atoms in total. The molecule has 2 heterocycles. The van der Waals surface area contributed by atoms with Crippen molar-refractivity contribution in [1.29, 1.82) is 0 Å². The van der Waals surface area contributed by atoms with Crippen molar-refractivity contribution in [2.75, 3.05) is 6.61 Å². The maximum absolute atomic E-state index is 5.89. The molecule has 0 bridgehead atoms. The van der Waals surface area contributed by atoms with Crippen LogP contribution < -0.4 is 0 Å². The molecule has 2 rings (SSSR count). The normalized spacial score (nSPS) is 11.5. The summed E-state index contributed by atoms with van der Waals surface area (Å²) in [7, 11) is 0. The molecule has 0 radical (unpaired) electrons. The maximum atomic E-state index is 5.89. The first-order chi connectivity index (χ1) is 8.22. The van der Waals surface area contributed by atoms with Crippen molar-refractivity contribution in [2.24, 2.45) is 0 Å². The lowest BCUT2D eigenvalue weighted by atomic mass is 10.4. The minimum atomic E-state index is 0.234. The Labute approximate surface area is 106 Å². The minimum absolute atomic E-state index is 0.234. The number of rotatable bonds is 5. The SMILES string of the molecule is CC(C)OCCn1c(CCl)nc2cccnc21. The first kappa shape index (κ1) is 12.3. The van der Waals surface area contributed by atoms with E-state index in [-0.39, 0.29) is 6.10 Å². The third-order valence-electron chi connectivity index (χ3n) is 2.47. The number of fused-ring (bicyclic) bond motifs is 1. The van der Waals surface area contributed by atoms with Crippen LogP contribution in [-0.4, -0.2) is 27.2 Å². The number of nitrogens with zero attached hydrogens (tertiary/aromatic N) is 3. The van der Waals surface area contributed by atoms with Crippen LogP contribution in [0.15, 0.2) is 18.3 Å². The Morgan fingerprint density at radius 2 is 2.29 bits per heavy atom. The maximum Gasteiger partial charge on any atom is 0.160 e. The van der Waals surface area contributed by atoms with Gasteiger partial charge in [0.2, 0.25) is 0 Å². The average molecular weight is 254 g/mol. The monoisotopic (exact) mass is 253 g/mol. The van der Waals surface area contributed by atoms with Crippen LogP contribution in [0.3, 0.4) is 0 Å². The molecular formula is C12H16ClN3O. The van der Waals surface area contributed by atoms with Gasteiger partial charge in [0.05, 0.1) is 18.6 Å². The summed E-state index contributed by atoms with van der Waals surface area (Å²) >= 11 is 5.89. The number of imidazole rings is 1. The van der Waals surface area contributed by atoms with E-state index in [4.69, 9.17) is 16.3 Å². The van der Waals surface area contributed by atoms with Gasteiger partial charge in [-0.25, -0.2) is 9.97 Å². The van der Waals surface area contributed by atoms with Crippen LogP contribution in [0.4, 0.5) is 0 Å². The summed E-state index contributed by atoms with van der Waals surface area (Å²) in [4.78, 5) is 8.78. The zero-order valence-corrected chi connectivity index (χ0v) is 10.8. The van der Waals surface area contributed by atoms with Crippen LogP contribution in [0.25, 0.3) is 11.2 Å². The van der Waals surface area contributed by atoms with E-state index < -0.39 is 0 Å². The molecule has 2 aromatic heterocycles. The summed E-state index contributed by atoms with van der Waals surface area (Å²) in [5.41, 5.74) is 1.75. The van der Waals surface area contributed by atoms with E-state index in [1.165, 1.54) is 0 Å². The van der Waals surface area contributed by atoms with Crippen molar-refractivity contribution in [1.82, 2.24) is 14.5 Å². The molecular weight excluding hydrogens is 238 g/mol. The number of hydrogen-bond donors (Lipinski definition) is 0. The summed E-state index contributed by atoms with van der Waals surface area (Å²) in [5, 5.41) is 0. The molecule has 0 unspecified atom stereocenters. The molecule has 0 aliphatic heterocycles. The largest absolute Gasteiger partial charge is 0.377 e. The van der Waals surface area contributed by atoms with Crippen LogP contribution >= 0.6 is 11.6 Å². The molecule has 2 aromatic rings. The average Bonchev–Trinajstić information content (AvgIpc) is 2.67. The quantitative estimate of drug-likeness (QED) is 0.769. The second-order valence-electron chi connectivity index (χ2n) is 4.08. The van der Waals surface area contributed by atoms with Crippen LogP contribution in [-0.2, 0) is 17.2 Å². The Bertz CT molecular complexity index is 495. The van der Waals surface area contributed by atoms with E-state index in [0.29, 0.717) is 12.5 Å². The van der Waals surface area contributed by atoms with Crippen LogP contribution in [0.2, 0.25) is 0 Å². The summed E-state index contributed by atoms with van der Waals surface area (Å²) in [5.74, 6) is 1.23. The molecule has 0 aliphatic carbocycles. The number of ether oxygens (including phenoxy) is 1. The number of halogens is 1. The highest BCUT2D eigenvalue weighted by Gasteiger charge is 2.10. The molecule has 0 amide bonds. The molecule has 0 atom stereocenters. The predicted molar refractivity (Wildman–Crippen MR) is 68.2 cm³/mol. The molecule has 92 valence electrons. The van der Waals surface area contributed by atoms with Gasteiger partial charge >= 0.3 is 0 Å². The molecule has 0 aliphatic rings. The van der Waals surface area contributed by atoms with Gasteiger partial charge in [-0.2, -0.15) is 0 Å². The highest BCUT2D eigenvalue weighted by Crippen LogP contribution is 2.14. The molecule has 0 saturated heterocycles. The standard InChI is InChI=1S/C12H16ClN3O/c1-9(2)17-7-6-16-11(8-13)15-10-4-3-5-14-12(10)16/h3-5,9H,6-8H2,1-2H3. The molecule has 17 heavy (non-hydrogen) atoms. The van der Waals surface area contributed by atoms with E-state index in [0.717, 1.165) is 23.5 Å². The summed E-state index contributed by atoms with van der Waals surface area (Å²) in [6, 6.07) is 3.82. The van der Waals surface area contributed by atoms with E-state index in [9.17, 15) is 0 Å². The molecule has 0 N–H and O–H groups in total. The summed E-state index contributed by atoms with van der Waals surface area (Å²) in [6.07, 6.45) is 2.00. The van der Waals surface area contributed by atoms with Gasteiger partial charge in [-0.1, -0.05) is 0 Å². The molecule has 0 spiro atoms. The Kier molecular flexibility index (Phi) is 3.97. The molecule has 5 heteroatoms. The van der Waals surface area contributed by atoms with Gasteiger partial charge < -0.3 is 9.30 Å². The van der Waals surface area contributed by atoms with Crippen LogP contribution in [0, 0.1) is 0 Å². The predicted octanol–water partition coefficient (Wildman–Crippen LogP) is 2.60. The van der Waals surface area contributed by atoms with Crippen molar-refractivity contribution in [3.8, 4) is 0 Å². The third kappa shape index (κ3) is 2.76. The summed E-state index contributed by atoms with van der Waals surface area (Å²) < 4.78 is 7.56. The fraction of sp³-hybridized carbons (Fsp3) is 0.500. The lowest BCUT2D eigenvalue weighted by molar-refractivity contribution is 0.0729. The van der Waals surface area contributed by atoms with E-state index in [1.54, 1.807) is 6.20 Å². The fourth-order valence-electron chi connectivity index (χ4n) is 1.72. The first-order valence-corrected chi connectivity index (χ1v) is 6.23. The van der Waals surface area contributed by atoms with Crippen LogP contribution in [0.5, 0.6) is 0 Å². The third-order valence-corrected chi connectivity index (χ3v) is 2.71. The second-order valence-corrected chi connectivity index (χ2v) is 4.35. The molecule has 0 aromatic carbocycles. The van der Waals surface area contributed by atoms with Gasteiger partial charge in [-0.05, 0) is 26.0 Å². The van der Waals surface area contributed by atoms with Gasteiger partial charge in [-0.15, -0.1) is 11.6 Å². The Hall–Kier alpha value is -1.13. The fourth-order valence-corrected chi connectivity index (χ4v) is 1.93. The number of alkyl halides is 1. The Balaban J connectivity index is 2.24. The Morgan fingerprint density at radius 3 is 3.00 bits per heavy atom. The van der Waals surface area contributed by atoms with Gasteiger partial charge in [0, 0.05) is 12.7 Å². The van der Waals surface area contributed by atoms with Gasteiger partial charge in [0.15, 0.2) is 5.65 Å². The number of hydrogen-bond acceptors (Lipinski definition) is 3. The first-order valence-electron chi connectivity index (χ1n) is 5.70. The zero-order valence-electron chi connectivity index (χ0n) is 10.1. The van der Waals surface area contributed by atoms with E-state index in [2.05, 4.69) is 9.97 Å². The van der Waals surface area contributed by atoms with Crippen LogP contribution in [0.1, 0.15) is 19.7 Å². The van der Waals surface area contributed by atoms with Crippen molar-refractivity contribution in [3.05, 3.63) is 24.2 Å². The van der Waals surface area contributed by atoms with Crippen molar-refractivity contribution in [2.45, 2.75) is 32.4 Å². The lowest BCUT2D eigenvalue weighted by Gasteiger charge is -2.10. The lowest BCUT2D eigenvalue weighted by Crippen LogP contribution is -2.12. The van der Waals surface area contributed by atoms with Crippen molar-refractivity contribution >= 4 is 22.8 Å². The van der Waals surface area contributed by atoms with Gasteiger partial charge in [0.25, 0.3) is 0 Å². The molecule has 0 fully saturated rings. The molecule has 0 saturated carbocycles.